The van der Waals surface area contributed by atoms with Gasteiger partial charge >= 0.3 is 6.18 Å². The molecule has 6 nitrogen and oxygen atoms in total. The van der Waals surface area contributed by atoms with Crippen LogP contribution in [0.3, 0.4) is 0 Å². The molecule has 0 atom stereocenters. The fourth-order valence-corrected chi connectivity index (χ4v) is 1.62. The smallest absolute Gasteiger partial charge is 0.388 e. The summed E-state index contributed by atoms with van der Waals surface area (Å²) in [5.41, 5.74) is -1.20. The minimum Gasteiger partial charge on any atom is -0.388 e. The molecule has 0 bridgehead atoms. The predicted octanol–water partition coefficient (Wildman–Crippen LogP) is 2.18. The highest BCUT2D eigenvalue weighted by Gasteiger charge is 2.34. The van der Waals surface area contributed by atoms with Crippen LogP contribution in [0.25, 0.3) is 0 Å². The Labute approximate surface area is 117 Å². The van der Waals surface area contributed by atoms with Gasteiger partial charge in [-0.25, -0.2) is 4.98 Å². The molecule has 0 aliphatic rings. The molecule has 0 saturated carbocycles. The van der Waals surface area contributed by atoms with Crippen molar-refractivity contribution in [2.24, 2.45) is 0 Å². The van der Waals surface area contributed by atoms with Gasteiger partial charge in [0.15, 0.2) is 0 Å². The van der Waals surface area contributed by atoms with Crippen LogP contribution in [0.15, 0.2) is 30.6 Å². The number of alkyl halides is 3. The normalized spacial score (nSPS) is 11.0. The molecular formula is C12H10F3N5O. The summed E-state index contributed by atoms with van der Waals surface area (Å²) in [5, 5.41) is 11.7. The number of hydrogen-bond acceptors (Lipinski definition) is 5. The van der Waals surface area contributed by atoms with Gasteiger partial charge in [-0.05, 0) is 18.2 Å². The molecule has 0 aliphatic heterocycles. The predicted molar refractivity (Wildman–Crippen MR) is 68.8 cm³/mol. The van der Waals surface area contributed by atoms with Crippen molar-refractivity contribution in [2.45, 2.75) is 6.18 Å². The molecule has 0 saturated heterocycles. The van der Waals surface area contributed by atoms with Gasteiger partial charge in [0.05, 0.1) is 18.0 Å². The number of nitrogens with one attached hydrogen (secondary N) is 2. The zero-order chi connectivity index (χ0) is 15.5. The first kappa shape index (κ1) is 14.7. The van der Waals surface area contributed by atoms with E-state index in [0.29, 0.717) is 0 Å². The highest BCUT2D eigenvalue weighted by Crippen LogP contribution is 2.35. The van der Waals surface area contributed by atoms with E-state index in [4.69, 9.17) is 0 Å². The lowest BCUT2D eigenvalue weighted by Crippen LogP contribution is -2.16. The summed E-state index contributed by atoms with van der Waals surface area (Å²) < 4.78 is 38.7. The molecule has 1 aromatic heterocycles. The first-order valence-electron chi connectivity index (χ1n) is 5.76. The molecule has 2 aromatic rings. The van der Waals surface area contributed by atoms with Gasteiger partial charge in [-0.2, -0.15) is 18.3 Å². The van der Waals surface area contributed by atoms with Crippen molar-refractivity contribution in [2.75, 3.05) is 17.7 Å². The molecule has 9 heteroatoms. The number of carbonyl (C=O) groups is 1. The summed E-state index contributed by atoms with van der Waals surface area (Å²) in [6.45, 7) is 0. The maximum atomic E-state index is 12.9. The highest BCUT2D eigenvalue weighted by molar-refractivity contribution is 6.03. The lowest BCUT2D eigenvalue weighted by atomic mass is 10.1. The van der Waals surface area contributed by atoms with E-state index in [1.807, 2.05) is 0 Å². The fourth-order valence-electron chi connectivity index (χ4n) is 1.62. The van der Waals surface area contributed by atoms with E-state index in [2.05, 4.69) is 25.8 Å². The minimum absolute atomic E-state index is 0.0891. The average Bonchev–Trinajstić information content (AvgIpc) is 2.46. The SMILES string of the molecule is CNc1ccc(C(=O)Nc2nccnn2)cc1C(F)(F)F. The van der Waals surface area contributed by atoms with E-state index < -0.39 is 17.6 Å². The molecule has 0 fully saturated rings. The van der Waals surface area contributed by atoms with Crippen LogP contribution >= 0.6 is 0 Å². The molecule has 110 valence electrons. The van der Waals surface area contributed by atoms with Gasteiger partial charge < -0.3 is 5.32 Å². The molecule has 0 unspecified atom stereocenters. The maximum Gasteiger partial charge on any atom is 0.418 e. The number of anilines is 2. The quantitative estimate of drug-likeness (QED) is 0.907. The van der Waals surface area contributed by atoms with Crippen molar-refractivity contribution in [3.05, 3.63) is 41.7 Å². The summed E-state index contributed by atoms with van der Waals surface area (Å²) >= 11 is 0. The van der Waals surface area contributed by atoms with Crippen LogP contribution in [0.1, 0.15) is 15.9 Å². The topological polar surface area (TPSA) is 79.8 Å². The van der Waals surface area contributed by atoms with Gasteiger partial charge in [-0.3, -0.25) is 10.1 Å². The van der Waals surface area contributed by atoms with E-state index in [-0.39, 0.29) is 17.2 Å². The van der Waals surface area contributed by atoms with Crippen LogP contribution < -0.4 is 10.6 Å². The van der Waals surface area contributed by atoms with Gasteiger partial charge in [-0.1, -0.05) is 0 Å². The monoisotopic (exact) mass is 297 g/mol. The molecule has 2 N–H and O–H groups in total. The number of aromatic nitrogens is 3. The van der Waals surface area contributed by atoms with Crippen LogP contribution in [-0.2, 0) is 6.18 Å². The van der Waals surface area contributed by atoms with Crippen molar-refractivity contribution >= 4 is 17.5 Å². The van der Waals surface area contributed by atoms with Crippen molar-refractivity contribution in [1.29, 1.82) is 0 Å². The second-order valence-corrected chi connectivity index (χ2v) is 3.93. The third-order valence-electron chi connectivity index (χ3n) is 2.56. The molecule has 1 amide bonds. The van der Waals surface area contributed by atoms with E-state index >= 15 is 0 Å². The molecule has 1 aromatic carbocycles. The van der Waals surface area contributed by atoms with Crippen molar-refractivity contribution in [1.82, 2.24) is 15.2 Å². The fraction of sp³-hybridized carbons (Fsp3) is 0.167. The van der Waals surface area contributed by atoms with E-state index in [9.17, 15) is 18.0 Å². The number of amides is 1. The summed E-state index contributed by atoms with van der Waals surface area (Å²) in [4.78, 5) is 15.6. The Kier molecular flexibility index (Phi) is 4.01. The Balaban J connectivity index is 2.30. The summed E-state index contributed by atoms with van der Waals surface area (Å²) in [5.74, 6) is -0.843. The standard InChI is InChI=1S/C12H10F3N5O/c1-16-9-3-2-7(6-8(9)12(13,14)15)10(21)19-11-17-4-5-18-20-11/h2-6,16H,1H3,(H,17,19,20,21). The maximum absolute atomic E-state index is 12.9. The van der Waals surface area contributed by atoms with Gasteiger partial charge in [-0.15, -0.1) is 5.10 Å². The van der Waals surface area contributed by atoms with Gasteiger partial charge in [0, 0.05) is 18.3 Å². The number of nitrogens with zero attached hydrogens (tertiary/aromatic N) is 3. The second-order valence-electron chi connectivity index (χ2n) is 3.93. The van der Waals surface area contributed by atoms with Crippen molar-refractivity contribution < 1.29 is 18.0 Å². The van der Waals surface area contributed by atoms with E-state index in [1.165, 1.54) is 31.6 Å². The third kappa shape index (κ3) is 3.44. The Hall–Kier alpha value is -2.71. The van der Waals surface area contributed by atoms with Crippen LogP contribution in [0, 0.1) is 0 Å². The van der Waals surface area contributed by atoms with Crippen molar-refractivity contribution in [3.63, 3.8) is 0 Å². The summed E-state index contributed by atoms with van der Waals surface area (Å²) in [6.07, 6.45) is -1.97. The third-order valence-corrected chi connectivity index (χ3v) is 2.56. The minimum atomic E-state index is -4.57. The molecule has 0 radical (unpaired) electrons. The highest BCUT2D eigenvalue weighted by atomic mass is 19.4. The van der Waals surface area contributed by atoms with E-state index in [1.54, 1.807) is 0 Å². The van der Waals surface area contributed by atoms with Crippen LogP contribution in [-0.4, -0.2) is 28.1 Å². The number of hydrogen-bond donors (Lipinski definition) is 2. The van der Waals surface area contributed by atoms with E-state index in [0.717, 1.165) is 6.07 Å². The first-order chi connectivity index (χ1) is 9.91. The Morgan fingerprint density at radius 1 is 1.24 bits per heavy atom. The number of rotatable bonds is 3. The zero-order valence-corrected chi connectivity index (χ0v) is 10.8. The van der Waals surface area contributed by atoms with Gasteiger partial charge in [0.25, 0.3) is 5.91 Å². The Bertz CT molecular complexity index is 645. The molecule has 2 rings (SSSR count). The van der Waals surface area contributed by atoms with Gasteiger partial charge in [0.2, 0.25) is 5.95 Å². The largest absolute Gasteiger partial charge is 0.418 e. The molecule has 0 aliphatic carbocycles. The lowest BCUT2D eigenvalue weighted by molar-refractivity contribution is -0.136. The second kappa shape index (κ2) is 5.73. The molecular weight excluding hydrogens is 287 g/mol. The summed E-state index contributed by atoms with van der Waals surface area (Å²) in [7, 11) is 1.37. The Morgan fingerprint density at radius 2 is 2.00 bits per heavy atom. The lowest BCUT2D eigenvalue weighted by Gasteiger charge is -2.13. The molecule has 1 heterocycles. The van der Waals surface area contributed by atoms with Crippen LogP contribution in [0.2, 0.25) is 0 Å². The zero-order valence-electron chi connectivity index (χ0n) is 10.8. The number of benzene rings is 1. The van der Waals surface area contributed by atoms with Crippen LogP contribution in [0.4, 0.5) is 24.8 Å². The number of halogens is 3. The first-order valence-corrected chi connectivity index (χ1v) is 5.76. The Morgan fingerprint density at radius 3 is 2.57 bits per heavy atom. The van der Waals surface area contributed by atoms with Crippen LogP contribution in [0.5, 0.6) is 0 Å². The average molecular weight is 297 g/mol. The molecule has 21 heavy (non-hydrogen) atoms. The van der Waals surface area contributed by atoms with Gasteiger partial charge in [0.1, 0.15) is 0 Å². The molecule has 0 spiro atoms. The number of carbonyl (C=O) groups excluding carboxylic acids is 1. The van der Waals surface area contributed by atoms with Crippen molar-refractivity contribution in [3.8, 4) is 0 Å². The summed E-state index contributed by atoms with van der Waals surface area (Å²) in [6, 6.07) is 3.21.